The van der Waals surface area contributed by atoms with Gasteiger partial charge in [0, 0.05) is 11.3 Å². The Morgan fingerprint density at radius 3 is 2.42 bits per heavy atom. The molecule has 0 saturated carbocycles. The first-order valence-electron chi connectivity index (χ1n) is 9.99. The van der Waals surface area contributed by atoms with Gasteiger partial charge in [-0.05, 0) is 61.0 Å². The molecule has 0 bridgehead atoms. The average molecular weight is 453 g/mol. The molecule has 3 rings (SSSR count). The molecule has 0 radical (unpaired) electrons. The van der Waals surface area contributed by atoms with Crippen LogP contribution in [0.1, 0.15) is 18.1 Å². The van der Waals surface area contributed by atoms with Crippen LogP contribution >= 0.6 is 0 Å². The predicted molar refractivity (Wildman–Crippen MR) is 119 cm³/mol. The second-order valence-corrected chi connectivity index (χ2v) is 6.68. The summed E-state index contributed by atoms with van der Waals surface area (Å²) in [6, 6.07) is 16.2. The van der Waals surface area contributed by atoms with Gasteiger partial charge in [-0.25, -0.2) is 14.2 Å². The van der Waals surface area contributed by atoms with Gasteiger partial charge in [-0.1, -0.05) is 18.2 Å². The summed E-state index contributed by atoms with van der Waals surface area (Å²) < 4.78 is 38.0. The van der Waals surface area contributed by atoms with Gasteiger partial charge in [0.25, 0.3) is 0 Å². The highest BCUT2D eigenvalue weighted by atomic mass is 19.1. The number of carbonyl (C=O) groups excluding carboxylic acids is 2. The minimum absolute atomic E-state index is 0.0272. The maximum atomic E-state index is 13.8. The van der Waals surface area contributed by atoms with Gasteiger partial charge >= 0.3 is 11.8 Å². The first-order valence-corrected chi connectivity index (χ1v) is 9.99. The van der Waals surface area contributed by atoms with Crippen LogP contribution in [0, 0.1) is 11.6 Å². The summed E-state index contributed by atoms with van der Waals surface area (Å²) in [6.45, 7) is 2.21. The number of nitrogens with one attached hydrogen (secondary N) is 2. The summed E-state index contributed by atoms with van der Waals surface area (Å²) in [6.07, 6.45) is 1.33. The van der Waals surface area contributed by atoms with Crippen molar-refractivity contribution < 1.29 is 27.8 Å². The lowest BCUT2D eigenvalue weighted by molar-refractivity contribution is -0.136. The van der Waals surface area contributed by atoms with Gasteiger partial charge in [-0.2, -0.15) is 5.10 Å². The number of anilines is 1. The Hall–Kier alpha value is -4.27. The fourth-order valence-corrected chi connectivity index (χ4v) is 2.70. The number of rotatable bonds is 8. The monoisotopic (exact) mass is 453 g/mol. The van der Waals surface area contributed by atoms with E-state index in [1.54, 1.807) is 43.3 Å². The highest BCUT2D eigenvalue weighted by molar-refractivity contribution is 6.39. The van der Waals surface area contributed by atoms with Crippen LogP contribution in [0.4, 0.5) is 14.5 Å². The zero-order chi connectivity index (χ0) is 23.6. The Morgan fingerprint density at radius 2 is 1.70 bits per heavy atom. The van der Waals surface area contributed by atoms with Crippen molar-refractivity contribution in [2.75, 3.05) is 11.9 Å². The lowest BCUT2D eigenvalue weighted by Crippen LogP contribution is -2.32. The van der Waals surface area contributed by atoms with Crippen LogP contribution in [-0.4, -0.2) is 24.6 Å². The number of halogens is 2. The summed E-state index contributed by atoms with van der Waals surface area (Å²) in [7, 11) is 0. The summed E-state index contributed by atoms with van der Waals surface area (Å²) >= 11 is 0. The third-order valence-corrected chi connectivity index (χ3v) is 4.30. The molecule has 0 aliphatic heterocycles. The molecule has 0 aromatic heterocycles. The molecule has 0 spiro atoms. The van der Waals surface area contributed by atoms with E-state index in [9.17, 15) is 18.4 Å². The average Bonchev–Trinajstić information content (AvgIpc) is 2.81. The standard InChI is InChI=1S/C24H21F2N3O4/c1-2-32-22-13-16(7-12-21(22)33-15-17-5-3-4-6-20(17)26)14-27-29-24(31)23(30)28-19-10-8-18(25)9-11-19/h3-14H,2,15H2,1H3,(H,28,30)(H,29,31). The van der Waals surface area contributed by atoms with Crippen molar-refractivity contribution in [3.8, 4) is 11.5 Å². The van der Waals surface area contributed by atoms with Gasteiger partial charge in [-0.15, -0.1) is 0 Å². The van der Waals surface area contributed by atoms with Crippen LogP contribution < -0.4 is 20.2 Å². The second-order valence-electron chi connectivity index (χ2n) is 6.68. The SMILES string of the molecule is CCOc1cc(C=NNC(=O)C(=O)Nc2ccc(F)cc2)ccc1OCc1ccccc1F. The number of amides is 2. The highest BCUT2D eigenvalue weighted by Crippen LogP contribution is 2.29. The molecule has 3 aromatic rings. The number of hydrogen-bond donors (Lipinski definition) is 2. The van der Waals surface area contributed by atoms with E-state index in [1.807, 2.05) is 0 Å². The topological polar surface area (TPSA) is 89.0 Å². The second kappa shape index (κ2) is 11.4. The summed E-state index contributed by atoms with van der Waals surface area (Å²) in [5, 5.41) is 6.09. The van der Waals surface area contributed by atoms with Crippen molar-refractivity contribution in [1.82, 2.24) is 5.43 Å². The van der Waals surface area contributed by atoms with E-state index in [-0.39, 0.29) is 18.1 Å². The zero-order valence-electron chi connectivity index (χ0n) is 17.7. The van der Waals surface area contributed by atoms with Crippen molar-refractivity contribution in [2.24, 2.45) is 5.10 Å². The lowest BCUT2D eigenvalue weighted by atomic mass is 10.2. The van der Waals surface area contributed by atoms with Gasteiger partial charge < -0.3 is 14.8 Å². The molecule has 2 amide bonds. The third kappa shape index (κ3) is 6.86. The predicted octanol–water partition coefficient (Wildman–Crippen LogP) is 4.03. The van der Waals surface area contributed by atoms with Crippen LogP contribution in [-0.2, 0) is 16.2 Å². The molecule has 170 valence electrons. The summed E-state index contributed by atoms with van der Waals surface area (Å²) in [5.41, 5.74) is 3.36. The molecule has 3 aromatic carbocycles. The first kappa shape index (κ1) is 23.4. The lowest BCUT2D eigenvalue weighted by Gasteiger charge is -2.13. The van der Waals surface area contributed by atoms with E-state index in [0.717, 1.165) is 12.1 Å². The van der Waals surface area contributed by atoms with Crippen molar-refractivity contribution in [3.63, 3.8) is 0 Å². The maximum absolute atomic E-state index is 13.8. The number of carbonyl (C=O) groups is 2. The molecule has 33 heavy (non-hydrogen) atoms. The summed E-state index contributed by atoms with van der Waals surface area (Å²) in [5.74, 6) is -1.94. The molecule has 0 heterocycles. The molecular formula is C24H21F2N3O4. The molecule has 0 fully saturated rings. The van der Waals surface area contributed by atoms with E-state index in [0.29, 0.717) is 29.2 Å². The van der Waals surface area contributed by atoms with Crippen molar-refractivity contribution in [3.05, 3.63) is 89.5 Å². The largest absolute Gasteiger partial charge is 0.490 e. The van der Waals surface area contributed by atoms with Crippen LogP contribution in [0.25, 0.3) is 0 Å². The number of hydrazone groups is 1. The number of hydrogen-bond acceptors (Lipinski definition) is 5. The molecule has 7 nitrogen and oxygen atoms in total. The molecule has 2 N–H and O–H groups in total. The van der Waals surface area contributed by atoms with Crippen LogP contribution in [0.2, 0.25) is 0 Å². The van der Waals surface area contributed by atoms with Gasteiger partial charge in [0.2, 0.25) is 0 Å². The van der Waals surface area contributed by atoms with E-state index in [4.69, 9.17) is 9.47 Å². The van der Waals surface area contributed by atoms with E-state index >= 15 is 0 Å². The van der Waals surface area contributed by atoms with Crippen molar-refractivity contribution in [2.45, 2.75) is 13.5 Å². The van der Waals surface area contributed by atoms with E-state index in [1.165, 1.54) is 24.4 Å². The van der Waals surface area contributed by atoms with Gasteiger partial charge in [0.15, 0.2) is 11.5 Å². The third-order valence-electron chi connectivity index (χ3n) is 4.30. The van der Waals surface area contributed by atoms with Gasteiger partial charge in [-0.3, -0.25) is 9.59 Å². The fraction of sp³-hybridized carbons (Fsp3) is 0.125. The van der Waals surface area contributed by atoms with E-state index < -0.39 is 17.6 Å². The Labute approximate surface area is 189 Å². The summed E-state index contributed by atoms with van der Waals surface area (Å²) in [4.78, 5) is 23.8. The Morgan fingerprint density at radius 1 is 0.939 bits per heavy atom. The van der Waals surface area contributed by atoms with Crippen LogP contribution in [0.3, 0.4) is 0 Å². The van der Waals surface area contributed by atoms with E-state index in [2.05, 4.69) is 15.8 Å². The molecule has 0 atom stereocenters. The number of benzene rings is 3. The molecule has 0 saturated heterocycles. The minimum Gasteiger partial charge on any atom is -0.490 e. The van der Waals surface area contributed by atoms with Gasteiger partial charge in [0.1, 0.15) is 18.2 Å². The molecule has 0 unspecified atom stereocenters. The van der Waals surface area contributed by atoms with Crippen LogP contribution in [0.5, 0.6) is 11.5 Å². The smallest absolute Gasteiger partial charge is 0.329 e. The minimum atomic E-state index is -0.995. The van der Waals surface area contributed by atoms with Gasteiger partial charge in [0.05, 0.1) is 12.8 Å². The highest BCUT2D eigenvalue weighted by Gasteiger charge is 2.13. The van der Waals surface area contributed by atoms with Crippen LogP contribution in [0.15, 0.2) is 71.8 Å². The Kier molecular flexibility index (Phi) is 8.07. The first-order chi connectivity index (χ1) is 16.0. The Bertz CT molecular complexity index is 1150. The molecular weight excluding hydrogens is 432 g/mol. The normalized spacial score (nSPS) is 10.6. The fourth-order valence-electron chi connectivity index (χ4n) is 2.70. The van der Waals surface area contributed by atoms with Crippen molar-refractivity contribution in [1.29, 1.82) is 0 Å². The quantitative estimate of drug-likeness (QED) is 0.306. The molecule has 0 aliphatic rings. The number of ether oxygens (including phenoxy) is 2. The zero-order valence-corrected chi connectivity index (χ0v) is 17.7. The maximum Gasteiger partial charge on any atom is 0.329 e. The number of nitrogens with zero attached hydrogens (tertiary/aromatic N) is 1. The molecule has 9 heteroatoms. The van der Waals surface area contributed by atoms with Crippen molar-refractivity contribution >= 4 is 23.7 Å². The Balaban J connectivity index is 1.59. The molecule has 0 aliphatic carbocycles.